The third kappa shape index (κ3) is 4.49. The second kappa shape index (κ2) is 10.0. The quantitative estimate of drug-likeness (QED) is 0.395. The van der Waals surface area contributed by atoms with Gasteiger partial charge in [0, 0.05) is 28.8 Å². The first-order valence-corrected chi connectivity index (χ1v) is 12.9. The van der Waals surface area contributed by atoms with Gasteiger partial charge in [-0.05, 0) is 28.8 Å². The second-order valence-corrected chi connectivity index (χ2v) is 10.1. The molecule has 0 aliphatic carbocycles. The van der Waals surface area contributed by atoms with Crippen LogP contribution in [0.2, 0.25) is 0 Å². The van der Waals surface area contributed by atoms with Crippen molar-refractivity contribution in [3.8, 4) is 0 Å². The minimum absolute atomic E-state index is 0.243. The van der Waals surface area contributed by atoms with E-state index in [1.807, 2.05) is 72.8 Å². The molecule has 6 nitrogen and oxygen atoms in total. The van der Waals surface area contributed by atoms with Crippen LogP contribution in [-0.2, 0) is 20.1 Å². The van der Waals surface area contributed by atoms with Gasteiger partial charge in [-0.15, -0.1) is 23.5 Å². The number of fused-ring (bicyclic) bond motifs is 1. The largest absolute Gasteiger partial charge is 0.448 e. The third-order valence-electron chi connectivity index (χ3n) is 5.76. The molecule has 5 rings (SSSR count). The number of esters is 1. The van der Waals surface area contributed by atoms with Crippen LogP contribution in [0.25, 0.3) is 0 Å². The SMILES string of the molecule is N[C@@H]1C(=O)N2C(C(=O)OC(c3ccccc3)c3ccccc3)=C(SCc3ccncc3)CS[C@@H]12. The Balaban J connectivity index is 1.47. The molecule has 34 heavy (non-hydrogen) atoms. The lowest BCUT2D eigenvalue weighted by Crippen LogP contribution is -2.68. The molecule has 2 aliphatic rings. The minimum atomic E-state index is -0.599. The van der Waals surface area contributed by atoms with Crippen LogP contribution in [0.3, 0.4) is 0 Å². The average molecular weight is 490 g/mol. The number of aromatic nitrogens is 1. The van der Waals surface area contributed by atoms with Crippen molar-refractivity contribution in [2.45, 2.75) is 23.3 Å². The summed E-state index contributed by atoms with van der Waals surface area (Å²) in [5, 5.41) is -0.243. The van der Waals surface area contributed by atoms with E-state index in [0.29, 0.717) is 17.2 Å². The standard InChI is InChI=1S/C26H23N3O3S2/c27-21-24(30)29-22(20(16-34-25(21)29)33-15-17-11-13-28-14-12-17)26(31)32-23(18-7-3-1-4-8-18)19-9-5-2-6-10-19/h1-14,21,23,25H,15-16,27H2/t21-,25+/m1/s1. The number of β-lactam (4-membered cyclic amide) rings is 1. The summed E-state index contributed by atoms with van der Waals surface area (Å²) in [4.78, 5) is 32.8. The van der Waals surface area contributed by atoms with Crippen LogP contribution < -0.4 is 5.73 Å². The number of carbonyl (C=O) groups excluding carboxylic acids is 2. The molecule has 0 unspecified atom stereocenters. The van der Waals surface area contributed by atoms with Crippen molar-refractivity contribution in [3.63, 3.8) is 0 Å². The first kappa shape index (κ1) is 22.7. The molecule has 2 N–H and O–H groups in total. The monoisotopic (exact) mass is 489 g/mol. The van der Waals surface area contributed by atoms with Crippen LogP contribution in [0.4, 0.5) is 0 Å². The Morgan fingerprint density at radius 1 is 1.06 bits per heavy atom. The Bertz CT molecular complexity index is 1170. The highest BCUT2D eigenvalue weighted by Crippen LogP contribution is 2.44. The summed E-state index contributed by atoms with van der Waals surface area (Å²) < 4.78 is 6.12. The Kier molecular flexibility index (Phi) is 6.71. The highest BCUT2D eigenvalue weighted by molar-refractivity contribution is 8.05. The molecule has 172 valence electrons. The van der Waals surface area contributed by atoms with Gasteiger partial charge in [0.2, 0.25) is 5.91 Å². The molecule has 0 radical (unpaired) electrons. The number of ether oxygens (including phenoxy) is 1. The number of carbonyl (C=O) groups is 2. The lowest BCUT2D eigenvalue weighted by molar-refractivity contribution is -0.152. The van der Waals surface area contributed by atoms with Crippen molar-refractivity contribution in [3.05, 3.63) is 112 Å². The number of amides is 1. The zero-order chi connectivity index (χ0) is 23.5. The Morgan fingerprint density at radius 2 is 1.68 bits per heavy atom. The molecular formula is C26H23N3O3S2. The van der Waals surface area contributed by atoms with Gasteiger partial charge in [-0.3, -0.25) is 14.7 Å². The number of benzene rings is 2. The van der Waals surface area contributed by atoms with E-state index >= 15 is 0 Å². The number of hydrogen-bond donors (Lipinski definition) is 1. The summed E-state index contributed by atoms with van der Waals surface area (Å²) >= 11 is 3.13. The number of pyridine rings is 1. The van der Waals surface area contributed by atoms with Gasteiger partial charge in [0.1, 0.15) is 17.1 Å². The molecule has 8 heteroatoms. The van der Waals surface area contributed by atoms with E-state index in [0.717, 1.165) is 21.6 Å². The fourth-order valence-corrected chi connectivity index (χ4v) is 6.51. The normalized spacial score (nSPS) is 19.6. The Hall–Kier alpha value is -3.07. The second-order valence-electron chi connectivity index (χ2n) is 7.96. The minimum Gasteiger partial charge on any atom is -0.448 e. The number of rotatable bonds is 7. The Morgan fingerprint density at radius 3 is 2.29 bits per heavy atom. The zero-order valence-corrected chi connectivity index (χ0v) is 19.9. The van der Waals surface area contributed by atoms with Crippen LogP contribution in [0.15, 0.2) is 95.8 Å². The van der Waals surface area contributed by atoms with Crippen LogP contribution in [0, 0.1) is 0 Å². The van der Waals surface area contributed by atoms with E-state index in [-0.39, 0.29) is 11.3 Å². The topological polar surface area (TPSA) is 85.5 Å². The van der Waals surface area contributed by atoms with Crippen LogP contribution >= 0.6 is 23.5 Å². The van der Waals surface area contributed by atoms with Gasteiger partial charge in [-0.1, -0.05) is 60.7 Å². The molecule has 3 heterocycles. The van der Waals surface area contributed by atoms with Gasteiger partial charge in [-0.25, -0.2) is 4.79 Å². The van der Waals surface area contributed by atoms with E-state index in [9.17, 15) is 9.59 Å². The maximum Gasteiger partial charge on any atom is 0.356 e. The summed E-state index contributed by atoms with van der Waals surface area (Å²) in [7, 11) is 0. The molecule has 1 amide bonds. The highest BCUT2D eigenvalue weighted by atomic mass is 32.2. The smallest absolute Gasteiger partial charge is 0.356 e. The van der Waals surface area contributed by atoms with Gasteiger partial charge in [0.05, 0.1) is 0 Å². The summed E-state index contributed by atoms with van der Waals surface area (Å²) in [6.45, 7) is 0. The van der Waals surface area contributed by atoms with Crippen LogP contribution in [-0.4, -0.2) is 38.9 Å². The first-order chi connectivity index (χ1) is 16.6. The van der Waals surface area contributed by atoms with E-state index < -0.39 is 18.1 Å². The summed E-state index contributed by atoms with van der Waals surface area (Å²) in [6, 6.07) is 22.5. The molecule has 3 aromatic rings. The Labute approximate surface area is 206 Å². The third-order valence-corrected chi connectivity index (χ3v) is 8.41. The van der Waals surface area contributed by atoms with Crippen LogP contribution in [0.1, 0.15) is 22.8 Å². The van der Waals surface area contributed by atoms with E-state index in [1.54, 1.807) is 35.9 Å². The van der Waals surface area contributed by atoms with Crippen molar-refractivity contribution >= 4 is 35.4 Å². The van der Waals surface area contributed by atoms with Crippen LogP contribution in [0.5, 0.6) is 0 Å². The van der Waals surface area contributed by atoms with Crippen molar-refractivity contribution in [2.24, 2.45) is 5.73 Å². The summed E-state index contributed by atoms with van der Waals surface area (Å²) in [5.74, 6) is 0.501. The molecule has 0 saturated carbocycles. The van der Waals surface area contributed by atoms with Gasteiger partial charge >= 0.3 is 5.97 Å². The van der Waals surface area contributed by atoms with Crippen molar-refractivity contribution in [1.82, 2.24) is 9.88 Å². The fourth-order valence-electron chi connectivity index (χ4n) is 3.98. The van der Waals surface area contributed by atoms with E-state index in [1.165, 1.54) is 4.90 Å². The molecular weight excluding hydrogens is 466 g/mol. The molecule has 1 saturated heterocycles. The summed E-state index contributed by atoms with van der Waals surface area (Å²) in [6.07, 6.45) is 2.90. The highest BCUT2D eigenvalue weighted by Gasteiger charge is 2.52. The summed E-state index contributed by atoms with van der Waals surface area (Å²) in [5.41, 5.74) is 9.16. The molecule has 2 atom stereocenters. The predicted octanol–water partition coefficient (Wildman–Crippen LogP) is 4.10. The van der Waals surface area contributed by atoms with Gasteiger partial charge in [0.25, 0.3) is 0 Å². The molecule has 2 aliphatic heterocycles. The van der Waals surface area contributed by atoms with E-state index in [4.69, 9.17) is 10.5 Å². The molecule has 0 bridgehead atoms. The van der Waals surface area contributed by atoms with E-state index in [2.05, 4.69) is 4.98 Å². The number of nitrogens with zero attached hydrogens (tertiary/aromatic N) is 2. The van der Waals surface area contributed by atoms with Gasteiger partial charge in [0.15, 0.2) is 6.10 Å². The first-order valence-electron chi connectivity index (χ1n) is 10.9. The maximum atomic E-state index is 13.7. The van der Waals surface area contributed by atoms with Crippen molar-refractivity contribution < 1.29 is 14.3 Å². The number of nitrogens with two attached hydrogens (primary N) is 1. The lowest BCUT2D eigenvalue weighted by Gasteiger charge is -2.48. The zero-order valence-electron chi connectivity index (χ0n) is 18.2. The number of hydrogen-bond acceptors (Lipinski definition) is 7. The molecule has 1 fully saturated rings. The predicted molar refractivity (Wildman–Crippen MR) is 134 cm³/mol. The molecule has 2 aromatic carbocycles. The van der Waals surface area contributed by atoms with Crippen molar-refractivity contribution in [1.29, 1.82) is 0 Å². The molecule has 1 aromatic heterocycles. The van der Waals surface area contributed by atoms with Gasteiger partial charge in [-0.2, -0.15) is 0 Å². The number of thioether (sulfide) groups is 2. The van der Waals surface area contributed by atoms with Crippen molar-refractivity contribution in [2.75, 3.05) is 5.75 Å². The fraction of sp³-hybridized carbons (Fsp3) is 0.192. The molecule has 0 spiro atoms. The average Bonchev–Trinajstić information content (AvgIpc) is 2.91. The maximum absolute atomic E-state index is 13.7. The van der Waals surface area contributed by atoms with Gasteiger partial charge < -0.3 is 10.5 Å². The lowest BCUT2D eigenvalue weighted by atomic mass is 10.0.